The first-order valence-electron chi connectivity index (χ1n) is 9.76. The van der Waals surface area contributed by atoms with Crippen LogP contribution in [-0.2, 0) is 16.1 Å². The molecule has 1 N–H and O–H groups in total. The van der Waals surface area contributed by atoms with Crippen molar-refractivity contribution in [1.29, 1.82) is 0 Å². The molecule has 0 heterocycles. The van der Waals surface area contributed by atoms with Crippen LogP contribution >= 0.6 is 23.2 Å². The van der Waals surface area contributed by atoms with E-state index in [1.807, 2.05) is 0 Å². The summed E-state index contributed by atoms with van der Waals surface area (Å²) >= 11 is 12.1. The van der Waals surface area contributed by atoms with Gasteiger partial charge in [0.2, 0.25) is 0 Å². The van der Waals surface area contributed by atoms with Crippen LogP contribution in [0.2, 0.25) is 10.0 Å². The van der Waals surface area contributed by atoms with Crippen LogP contribution in [0, 0.1) is 0 Å². The van der Waals surface area contributed by atoms with Crippen LogP contribution in [0.5, 0.6) is 17.2 Å². The van der Waals surface area contributed by atoms with Gasteiger partial charge < -0.3 is 24.3 Å². The average molecular weight is 490 g/mol. The van der Waals surface area contributed by atoms with Gasteiger partial charge in [-0.05, 0) is 42.5 Å². The van der Waals surface area contributed by atoms with Gasteiger partial charge in [0.05, 0.1) is 25.5 Å². The molecule has 0 saturated heterocycles. The topological polar surface area (TPSA) is 83.1 Å². The fraction of sp³-hybridized carbons (Fsp3) is 0.167. The number of esters is 1. The monoisotopic (exact) mass is 489 g/mol. The van der Waals surface area contributed by atoms with Crippen LogP contribution < -0.4 is 19.5 Å². The molecule has 3 aromatic carbocycles. The summed E-state index contributed by atoms with van der Waals surface area (Å²) < 4.78 is 21.4. The van der Waals surface area contributed by atoms with Crippen LogP contribution in [0.15, 0.2) is 60.7 Å². The van der Waals surface area contributed by atoms with Gasteiger partial charge in [0, 0.05) is 15.6 Å². The van der Waals surface area contributed by atoms with Gasteiger partial charge in [-0.3, -0.25) is 4.79 Å². The molecule has 0 fully saturated rings. The minimum atomic E-state index is -0.684. The van der Waals surface area contributed by atoms with Crippen LogP contribution in [0.3, 0.4) is 0 Å². The van der Waals surface area contributed by atoms with E-state index in [-0.39, 0.29) is 12.2 Å². The highest BCUT2D eigenvalue weighted by Crippen LogP contribution is 2.30. The molecule has 0 aliphatic heterocycles. The Kier molecular flexibility index (Phi) is 8.40. The lowest BCUT2D eigenvalue weighted by molar-refractivity contribution is -0.119. The van der Waals surface area contributed by atoms with E-state index in [1.165, 1.54) is 26.4 Å². The first-order valence-corrected chi connectivity index (χ1v) is 10.5. The van der Waals surface area contributed by atoms with E-state index in [2.05, 4.69) is 5.32 Å². The number of benzene rings is 3. The van der Waals surface area contributed by atoms with Crippen LogP contribution in [0.1, 0.15) is 15.9 Å². The first kappa shape index (κ1) is 24.2. The highest BCUT2D eigenvalue weighted by atomic mass is 35.5. The van der Waals surface area contributed by atoms with Crippen molar-refractivity contribution >= 4 is 40.8 Å². The first-order chi connectivity index (χ1) is 15.9. The van der Waals surface area contributed by atoms with Gasteiger partial charge in [-0.25, -0.2) is 4.79 Å². The Labute approximate surface area is 201 Å². The third-order valence-corrected chi connectivity index (χ3v) is 5.10. The number of carbonyl (C=O) groups is 2. The van der Waals surface area contributed by atoms with E-state index in [9.17, 15) is 9.59 Å². The number of hydrogen-bond acceptors (Lipinski definition) is 6. The Morgan fingerprint density at radius 2 is 1.64 bits per heavy atom. The molecule has 9 heteroatoms. The Morgan fingerprint density at radius 3 is 2.36 bits per heavy atom. The maximum atomic E-state index is 12.4. The van der Waals surface area contributed by atoms with Crippen molar-refractivity contribution in [3.63, 3.8) is 0 Å². The second-order valence-corrected chi connectivity index (χ2v) is 7.56. The summed E-state index contributed by atoms with van der Waals surface area (Å²) in [6, 6.07) is 16.6. The van der Waals surface area contributed by atoms with E-state index >= 15 is 0 Å². The summed E-state index contributed by atoms with van der Waals surface area (Å²) in [7, 11) is 2.95. The van der Waals surface area contributed by atoms with Gasteiger partial charge in [0.25, 0.3) is 5.91 Å². The van der Waals surface area contributed by atoms with Gasteiger partial charge in [-0.1, -0.05) is 41.4 Å². The van der Waals surface area contributed by atoms with Crippen LogP contribution in [0.25, 0.3) is 0 Å². The van der Waals surface area contributed by atoms with E-state index in [1.54, 1.807) is 48.5 Å². The lowest BCUT2D eigenvalue weighted by Gasteiger charge is -2.13. The molecule has 0 bridgehead atoms. The highest BCUT2D eigenvalue weighted by Gasteiger charge is 2.15. The maximum Gasteiger partial charge on any atom is 0.338 e. The summed E-state index contributed by atoms with van der Waals surface area (Å²) in [6.07, 6.45) is 0. The lowest BCUT2D eigenvalue weighted by atomic mass is 10.2. The fourth-order valence-corrected chi connectivity index (χ4v) is 3.32. The Hall–Kier alpha value is -3.42. The molecule has 3 rings (SSSR count). The van der Waals surface area contributed by atoms with Crippen molar-refractivity contribution in [1.82, 2.24) is 0 Å². The minimum Gasteiger partial charge on any atom is -0.495 e. The number of anilines is 1. The van der Waals surface area contributed by atoms with E-state index < -0.39 is 18.5 Å². The second kappa shape index (κ2) is 11.4. The third kappa shape index (κ3) is 6.54. The number of amides is 1. The van der Waals surface area contributed by atoms with Crippen molar-refractivity contribution in [3.8, 4) is 17.2 Å². The number of nitrogens with one attached hydrogen (secondary N) is 1. The molecule has 172 valence electrons. The van der Waals surface area contributed by atoms with Crippen molar-refractivity contribution in [3.05, 3.63) is 81.8 Å². The predicted octanol–water partition coefficient (Wildman–Crippen LogP) is 5.39. The predicted molar refractivity (Wildman–Crippen MR) is 126 cm³/mol. The van der Waals surface area contributed by atoms with E-state index in [0.29, 0.717) is 33.0 Å². The lowest BCUT2D eigenvalue weighted by Crippen LogP contribution is -2.21. The highest BCUT2D eigenvalue weighted by molar-refractivity contribution is 6.35. The smallest absolute Gasteiger partial charge is 0.338 e. The molecule has 3 aromatic rings. The third-order valence-electron chi connectivity index (χ3n) is 4.51. The molecule has 33 heavy (non-hydrogen) atoms. The molecule has 0 aliphatic rings. The summed E-state index contributed by atoms with van der Waals surface area (Å²) in [5.41, 5.74) is 1.42. The Bertz CT molecular complexity index is 1150. The zero-order chi connectivity index (χ0) is 23.8. The molecule has 1 amide bonds. The quantitative estimate of drug-likeness (QED) is 0.406. The van der Waals surface area contributed by atoms with Gasteiger partial charge in [-0.15, -0.1) is 0 Å². The molecule has 0 aromatic heterocycles. The molecule has 0 spiro atoms. The molecular formula is C24H21Cl2NO6. The zero-order valence-corrected chi connectivity index (χ0v) is 19.4. The van der Waals surface area contributed by atoms with Crippen molar-refractivity contribution in [2.24, 2.45) is 0 Å². The fourth-order valence-electron chi connectivity index (χ4n) is 2.86. The number of carbonyl (C=O) groups excluding carboxylic acids is 2. The SMILES string of the molecule is COc1ccccc1NC(=O)COC(=O)c1ccc(OCc2ccc(Cl)cc2Cl)c(OC)c1. The molecule has 0 atom stereocenters. The van der Waals surface area contributed by atoms with E-state index in [4.69, 9.17) is 42.1 Å². The Balaban J connectivity index is 1.59. The number of halogens is 2. The normalized spacial score (nSPS) is 10.3. The van der Waals surface area contributed by atoms with Gasteiger partial charge in [-0.2, -0.15) is 0 Å². The van der Waals surface area contributed by atoms with Crippen molar-refractivity contribution in [2.75, 3.05) is 26.1 Å². The summed E-state index contributed by atoms with van der Waals surface area (Å²) in [5, 5.41) is 3.64. The molecule has 0 unspecified atom stereocenters. The number of para-hydroxylation sites is 2. The number of hydrogen-bond donors (Lipinski definition) is 1. The number of methoxy groups -OCH3 is 2. The minimum absolute atomic E-state index is 0.180. The van der Waals surface area contributed by atoms with Crippen molar-refractivity contribution < 1.29 is 28.5 Å². The standard InChI is InChI=1S/C24H21Cl2NO6/c1-30-20-6-4-3-5-19(20)27-23(28)14-33-24(29)15-8-10-21(22(11-15)31-2)32-13-16-7-9-17(25)12-18(16)26/h3-12H,13-14H2,1-2H3,(H,27,28). The summed E-state index contributed by atoms with van der Waals surface area (Å²) in [6.45, 7) is -0.286. The van der Waals surface area contributed by atoms with Gasteiger partial charge in [0.15, 0.2) is 18.1 Å². The largest absolute Gasteiger partial charge is 0.495 e. The second-order valence-electron chi connectivity index (χ2n) is 6.71. The van der Waals surface area contributed by atoms with Crippen LogP contribution in [-0.4, -0.2) is 32.7 Å². The average Bonchev–Trinajstić information content (AvgIpc) is 2.82. The number of ether oxygens (including phenoxy) is 4. The summed E-state index contributed by atoms with van der Waals surface area (Å²) in [5.74, 6) is 0.0507. The molecule has 0 saturated carbocycles. The van der Waals surface area contributed by atoms with Crippen LogP contribution in [0.4, 0.5) is 5.69 Å². The molecule has 7 nitrogen and oxygen atoms in total. The zero-order valence-electron chi connectivity index (χ0n) is 17.9. The molecule has 0 radical (unpaired) electrons. The van der Waals surface area contributed by atoms with Crippen molar-refractivity contribution in [2.45, 2.75) is 6.61 Å². The number of rotatable bonds is 9. The van der Waals surface area contributed by atoms with Gasteiger partial charge in [0.1, 0.15) is 12.4 Å². The maximum absolute atomic E-state index is 12.4. The summed E-state index contributed by atoms with van der Waals surface area (Å²) in [4.78, 5) is 24.6. The molecule has 0 aliphatic carbocycles. The van der Waals surface area contributed by atoms with E-state index in [0.717, 1.165) is 5.56 Å². The van der Waals surface area contributed by atoms with Gasteiger partial charge >= 0.3 is 5.97 Å². The Morgan fingerprint density at radius 1 is 0.879 bits per heavy atom. The molecular weight excluding hydrogens is 469 g/mol.